The van der Waals surface area contributed by atoms with Crippen LogP contribution in [0.1, 0.15) is 12.2 Å². The van der Waals surface area contributed by atoms with Gasteiger partial charge in [-0.1, -0.05) is 5.16 Å². The summed E-state index contributed by atoms with van der Waals surface area (Å²) in [4.78, 5) is 33.9. The Balaban J connectivity index is 1.72. The maximum Gasteiger partial charge on any atom is 0.353 e. The smallest absolute Gasteiger partial charge is 0.353 e. The molecule has 8 nitrogen and oxygen atoms in total. The van der Waals surface area contributed by atoms with E-state index in [1.54, 1.807) is 12.4 Å². The Labute approximate surface area is 102 Å². The van der Waals surface area contributed by atoms with Crippen LogP contribution in [-0.2, 0) is 20.8 Å². The summed E-state index contributed by atoms with van der Waals surface area (Å²) in [5.41, 5.74) is -0.138. The quantitative estimate of drug-likeness (QED) is 0.640. The number of oxime groups is 1. The lowest BCUT2D eigenvalue weighted by Gasteiger charge is -2.08. The van der Waals surface area contributed by atoms with Gasteiger partial charge in [-0.3, -0.25) is 4.79 Å². The molecule has 3 N–H and O–H groups in total. The van der Waals surface area contributed by atoms with Gasteiger partial charge in [0.25, 0.3) is 5.91 Å². The first kappa shape index (κ1) is 12.1. The second-order valence-electron chi connectivity index (χ2n) is 3.72. The number of rotatable bonds is 5. The number of carbonyl (C=O) groups excluding carboxylic acids is 1. The summed E-state index contributed by atoms with van der Waals surface area (Å²) in [5, 5.41) is 14.6. The van der Waals surface area contributed by atoms with E-state index < -0.39 is 12.1 Å². The van der Waals surface area contributed by atoms with Crippen LogP contribution in [0.5, 0.6) is 0 Å². The molecule has 0 radical (unpaired) electrons. The van der Waals surface area contributed by atoms with E-state index in [4.69, 9.17) is 9.94 Å². The van der Waals surface area contributed by atoms with Crippen molar-refractivity contribution in [2.75, 3.05) is 6.54 Å². The maximum atomic E-state index is 11.6. The highest BCUT2D eigenvalue weighted by atomic mass is 16.6. The van der Waals surface area contributed by atoms with Crippen molar-refractivity contribution >= 4 is 17.6 Å². The zero-order valence-electron chi connectivity index (χ0n) is 9.42. The van der Waals surface area contributed by atoms with Crippen LogP contribution in [0.2, 0.25) is 0 Å². The summed E-state index contributed by atoms with van der Waals surface area (Å²) in [7, 11) is 0. The van der Waals surface area contributed by atoms with E-state index in [1.807, 2.05) is 0 Å². The van der Waals surface area contributed by atoms with Crippen molar-refractivity contribution in [1.82, 2.24) is 15.3 Å². The number of carboxylic acid groups (broad SMARTS) is 1. The lowest BCUT2D eigenvalue weighted by molar-refractivity contribution is -0.131. The van der Waals surface area contributed by atoms with E-state index in [1.165, 1.54) is 0 Å². The van der Waals surface area contributed by atoms with Gasteiger partial charge in [0.05, 0.1) is 0 Å². The number of imidazole rings is 1. The zero-order valence-corrected chi connectivity index (χ0v) is 9.42. The molecular formula is C10H12N4O4. The lowest BCUT2D eigenvalue weighted by atomic mass is 10.1. The molecule has 0 bridgehead atoms. The normalized spacial score (nSPS) is 18.0. The highest BCUT2D eigenvalue weighted by molar-refractivity contribution is 6.36. The van der Waals surface area contributed by atoms with E-state index >= 15 is 0 Å². The Bertz CT molecular complexity index is 468. The molecule has 0 spiro atoms. The van der Waals surface area contributed by atoms with Gasteiger partial charge in [0.2, 0.25) is 6.10 Å². The molecule has 0 saturated heterocycles. The van der Waals surface area contributed by atoms with Crippen LogP contribution in [0.25, 0.3) is 0 Å². The minimum atomic E-state index is -1.17. The van der Waals surface area contributed by atoms with Gasteiger partial charge in [0, 0.05) is 31.8 Å². The fourth-order valence-electron chi connectivity index (χ4n) is 1.50. The monoisotopic (exact) mass is 252 g/mol. The molecule has 1 aromatic heterocycles. The van der Waals surface area contributed by atoms with Crippen LogP contribution in [0.15, 0.2) is 17.5 Å². The molecule has 1 aliphatic heterocycles. The number of aromatic amines is 1. The summed E-state index contributed by atoms with van der Waals surface area (Å²) in [6, 6.07) is 0. The molecule has 8 heteroatoms. The molecule has 1 atom stereocenters. The van der Waals surface area contributed by atoms with E-state index in [2.05, 4.69) is 20.4 Å². The Morgan fingerprint density at radius 1 is 1.61 bits per heavy atom. The van der Waals surface area contributed by atoms with Crippen molar-refractivity contribution in [1.29, 1.82) is 0 Å². The molecule has 0 saturated carbocycles. The Morgan fingerprint density at radius 2 is 2.44 bits per heavy atom. The highest BCUT2D eigenvalue weighted by Crippen LogP contribution is 2.10. The Morgan fingerprint density at radius 3 is 3.06 bits per heavy atom. The molecular weight excluding hydrogens is 240 g/mol. The zero-order chi connectivity index (χ0) is 13.0. The third kappa shape index (κ3) is 2.84. The van der Waals surface area contributed by atoms with E-state index in [9.17, 15) is 9.59 Å². The standard InChI is InChI=1S/C10H12N4O4/c15-9(7-5-6(10(16)17)14-18-7)13-2-1-8-11-3-4-12-8/h3-4,7H,1-2,5H2,(H,11,12)(H,13,15)(H,16,17). The van der Waals surface area contributed by atoms with Crippen LogP contribution in [0, 0.1) is 0 Å². The first-order valence-corrected chi connectivity index (χ1v) is 5.39. The predicted octanol–water partition coefficient (Wildman–Crippen LogP) is -0.702. The molecule has 1 aliphatic rings. The summed E-state index contributed by atoms with van der Waals surface area (Å²) >= 11 is 0. The largest absolute Gasteiger partial charge is 0.477 e. The van der Waals surface area contributed by atoms with Crippen molar-refractivity contribution in [3.8, 4) is 0 Å². The number of amides is 1. The van der Waals surface area contributed by atoms with Crippen molar-refractivity contribution in [3.05, 3.63) is 18.2 Å². The van der Waals surface area contributed by atoms with Crippen molar-refractivity contribution < 1.29 is 19.5 Å². The van der Waals surface area contributed by atoms with Crippen LogP contribution in [-0.4, -0.2) is 45.3 Å². The molecule has 1 aromatic rings. The third-order valence-electron chi connectivity index (χ3n) is 2.42. The number of aliphatic carboxylic acids is 1. The molecule has 0 aromatic carbocycles. The number of nitrogens with zero attached hydrogens (tertiary/aromatic N) is 2. The van der Waals surface area contributed by atoms with Gasteiger partial charge in [-0.05, 0) is 0 Å². The molecule has 2 heterocycles. The number of hydrogen-bond acceptors (Lipinski definition) is 5. The number of carbonyl (C=O) groups is 2. The number of nitrogens with one attached hydrogen (secondary N) is 2. The summed E-state index contributed by atoms with van der Waals surface area (Å²) in [6.45, 7) is 0.397. The SMILES string of the molecule is O=C(O)C1=NOC(C(=O)NCCc2ncc[nH]2)C1. The Kier molecular flexibility index (Phi) is 3.56. The summed E-state index contributed by atoms with van der Waals surface area (Å²) < 4.78 is 0. The third-order valence-corrected chi connectivity index (χ3v) is 2.42. The average Bonchev–Trinajstić information content (AvgIpc) is 2.99. The van der Waals surface area contributed by atoms with Crippen LogP contribution < -0.4 is 5.32 Å². The first-order valence-electron chi connectivity index (χ1n) is 5.39. The Hall–Kier alpha value is -2.38. The topological polar surface area (TPSA) is 117 Å². The van der Waals surface area contributed by atoms with Crippen LogP contribution >= 0.6 is 0 Å². The van der Waals surface area contributed by atoms with Gasteiger partial charge in [0.15, 0.2) is 5.71 Å². The number of carboxylic acids is 1. The minimum Gasteiger partial charge on any atom is -0.477 e. The molecule has 1 unspecified atom stereocenters. The summed E-state index contributed by atoms with van der Waals surface area (Å²) in [6.07, 6.45) is 3.03. The van der Waals surface area contributed by atoms with Gasteiger partial charge in [0.1, 0.15) is 5.82 Å². The minimum absolute atomic E-state index is 0.0120. The molecule has 96 valence electrons. The van der Waals surface area contributed by atoms with Crippen molar-refractivity contribution in [2.24, 2.45) is 5.16 Å². The fourth-order valence-corrected chi connectivity index (χ4v) is 1.50. The maximum absolute atomic E-state index is 11.6. The predicted molar refractivity (Wildman–Crippen MR) is 59.9 cm³/mol. The highest BCUT2D eigenvalue weighted by Gasteiger charge is 2.31. The molecule has 2 rings (SSSR count). The van der Waals surface area contributed by atoms with Crippen molar-refractivity contribution in [3.63, 3.8) is 0 Å². The van der Waals surface area contributed by atoms with E-state index in [-0.39, 0.29) is 18.0 Å². The summed E-state index contributed by atoms with van der Waals surface area (Å²) in [5.74, 6) is -0.771. The molecule has 0 fully saturated rings. The van der Waals surface area contributed by atoms with Gasteiger partial charge in [-0.15, -0.1) is 0 Å². The fraction of sp³-hybridized carbons (Fsp3) is 0.400. The second kappa shape index (κ2) is 5.30. The number of hydrogen-bond donors (Lipinski definition) is 3. The lowest BCUT2D eigenvalue weighted by Crippen LogP contribution is -2.36. The first-order chi connectivity index (χ1) is 8.66. The van der Waals surface area contributed by atoms with Crippen molar-refractivity contribution in [2.45, 2.75) is 18.9 Å². The van der Waals surface area contributed by atoms with Gasteiger partial charge >= 0.3 is 5.97 Å². The number of aromatic nitrogens is 2. The van der Waals surface area contributed by atoms with Gasteiger partial charge < -0.3 is 20.2 Å². The van der Waals surface area contributed by atoms with Crippen LogP contribution in [0.4, 0.5) is 0 Å². The van der Waals surface area contributed by atoms with E-state index in [0.717, 1.165) is 5.82 Å². The molecule has 0 aliphatic carbocycles. The second-order valence-corrected chi connectivity index (χ2v) is 3.72. The van der Waals surface area contributed by atoms with Crippen LogP contribution in [0.3, 0.4) is 0 Å². The number of H-pyrrole nitrogens is 1. The molecule has 18 heavy (non-hydrogen) atoms. The molecule has 1 amide bonds. The average molecular weight is 252 g/mol. The van der Waals surface area contributed by atoms with Gasteiger partial charge in [-0.25, -0.2) is 9.78 Å². The van der Waals surface area contributed by atoms with Gasteiger partial charge in [-0.2, -0.15) is 0 Å². The van der Waals surface area contributed by atoms with E-state index in [0.29, 0.717) is 13.0 Å².